The first-order valence-corrected chi connectivity index (χ1v) is 11.0. The number of alkyl halides is 3. The summed E-state index contributed by atoms with van der Waals surface area (Å²) in [6, 6.07) is 4.51. The van der Waals surface area contributed by atoms with Crippen LogP contribution in [0, 0.1) is 17.6 Å². The number of anilines is 1. The van der Waals surface area contributed by atoms with E-state index in [1.165, 1.54) is 0 Å². The van der Waals surface area contributed by atoms with Gasteiger partial charge in [-0.05, 0) is 37.1 Å². The van der Waals surface area contributed by atoms with Gasteiger partial charge >= 0.3 is 6.18 Å². The van der Waals surface area contributed by atoms with E-state index >= 15 is 0 Å². The third kappa shape index (κ3) is 5.30. The quantitative estimate of drug-likeness (QED) is 0.627. The molecule has 0 spiro atoms. The van der Waals surface area contributed by atoms with Gasteiger partial charge in [0, 0.05) is 25.1 Å². The predicted octanol–water partition coefficient (Wildman–Crippen LogP) is 3.12. The molecular formula is C20H18F5N3O4S. The summed E-state index contributed by atoms with van der Waals surface area (Å²) in [6.07, 6.45) is -4.69. The molecule has 2 aromatic carbocycles. The van der Waals surface area contributed by atoms with Gasteiger partial charge in [-0.15, -0.1) is 0 Å². The van der Waals surface area contributed by atoms with Crippen molar-refractivity contribution in [1.29, 1.82) is 0 Å². The van der Waals surface area contributed by atoms with Crippen LogP contribution in [0.1, 0.15) is 28.8 Å². The number of carbonyl (C=O) groups is 2. The first-order chi connectivity index (χ1) is 15.3. The lowest BCUT2D eigenvalue weighted by atomic mass is 9.97. The minimum Gasteiger partial charge on any atom is -0.366 e. The van der Waals surface area contributed by atoms with Crippen LogP contribution in [0.15, 0.2) is 41.3 Å². The number of piperidine rings is 1. The number of nitrogens with zero attached hydrogens (tertiary/aromatic N) is 1. The fraction of sp³-hybridized carbons (Fsp3) is 0.300. The maximum Gasteiger partial charge on any atom is 0.416 e. The van der Waals surface area contributed by atoms with E-state index in [-0.39, 0.29) is 25.9 Å². The Hall–Kier alpha value is -3.06. The van der Waals surface area contributed by atoms with Gasteiger partial charge in [-0.1, -0.05) is 6.07 Å². The van der Waals surface area contributed by atoms with Crippen molar-refractivity contribution in [3.63, 3.8) is 0 Å². The zero-order chi connectivity index (χ0) is 24.6. The lowest BCUT2D eigenvalue weighted by molar-refractivity contribution is -0.137. The molecule has 1 fully saturated rings. The molecule has 1 aliphatic rings. The highest BCUT2D eigenvalue weighted by molar-refractivity contribution is 7.89. The molecule has 1 aliphatic heterocycles. The number of amides is 2. The number of halogens is 5. The summed E-state index contributed by atoms with van der Waals surface area (Å²) >= 11 is 0. The fourth-order valence-corrected chi connectivity index (χ4v) is 4.92. The topological polar surface area (TPSA) is 110 Å². The molecule has 2 amide bonds. The number of rotatable bonds is 5. The van der Waals surface area contributed by atoms with Gasteiger partial charge < -0.3 is 11.1 Å². The molecule has 0 saturated carbocycles. The molecule has 1 saturated heterocycles. The summed E-state index contributed by atoms with van der Waals surface area (Å²) in [7, 11) is -4.23. The minimum atomic E-state index is -4.71. The summed E-state index contributed by atoms with van der Waals surface area (Å²) in [5, 5.41) is 2.23. The number of nitrogens with two attached hydrogens (primary N) is 1. The highest BCUT2D eigenvalue weighted by atomic mass is 32.2. The first kappa shape index (κ1) is 24.6. The normalized spacial score (nSPS) is 15.9. The Balaban J connectivity index is 1.69. The van der Waals surface area contributed by atoms with Gasteiger partial charge in [0.1, 0.15) is 11.6 Å². The van der Waals surface area contributed by atoms with Gasteiger partial charge in [0.2, 0.25) is 15.9 Å². The maximum atomic E-state index is 14.0. The van der Waals surface area contributed by atoms with Crippen molar-refractivity contribution in [2.75, 3.05) is 18.4 Å². The van der Waals surface area contributed by atoms with Crippen LogP contribution >= 0.6 is 0 Å². The predicted molar refractivity (Wildman–Crippen MR) is 106 cm³/mol. The molecule has 3 N–H and O–H groups in total. The zero-order valence-corrected chi connectivity index (χ0v) is 17.6. The van der Waals surface area contributed by atoms with Gasteiger partial charge in [-0.2, -0.15) is 17.5 Å². The SMILES string of the molecule is NC(=O)c1cc(NC(=O)C2CCN(S(=O)(=O)c3cccc(C(F)(F)F)c3)CC2)c(F)cc1F. The van der Waals surface area contributed by atoms with E-state index < -0.39 is 67.3 Å². The van der Waals surface area contributed by atoms with Crippen LogP contribution in [-0.4, -0.2) is 37.6 Å². The lowest BCUT2D eigenvalue weighted by Gasteiger charge is -2.30. The van der Waals surface area contributed by atoms with Crippen LogP contribution in [0.25, 0.3) is 0 Å². The number of hydrogen-bond acceptors (Lipinski definition) is 4. The molecule has 0 bridgehead atoms. The van der Waals surface area contributed by atoms with Crippen molar-refractivity contribution >= 4 is 27.5 Å². The van der Waals surface area contributed by atoms with Crippen molar-refractivity contribution < 1.29 is 40.0 Å². The zero-order valence-electron chi connectivity index (χ0n) is 16.8. The number of benzene rings is 2. The molecule has 0 aromatic heterocycles. The minimum absolute atomic E-state index is 0.00944. The van der Waals surface area contributed by atoms with Crippen LogP contribution in [0.2, 0.25) is 0 Å². The van der Waals surface area contributed by atoms with Gasteiger partial charge in [0.15, 0.2) is 0 Å². The summed E-state index contributed by atoms with van der Waals surface area (Å²) in [5.74, 6) is -4.91. The van der Waals surface area contributed by atoms with E-state index in [9.17, 15) is 40.0 Å². The number of carbonyl (C=O) groups excluding carboxylic acids is 2. The summed E-state index contributed by atoms with van der Waals surface area (Å²) in [4.78, 5) is 23.2. The monoisotopic (exact) mass is 491 g/mol. The van der Waals surface area contributed by atoms with Gasteiger partial charge in [-0.3, -0.25) is 9.59 Å². The summed E-state index contributed by atoms with van der Waals surface area (Å²) in [5.41, 5.74) is 2.82. The molecule has 0 unspecified atom stereocenters. The van der Waals surface area contributed by atoms with Crippen LogP contribution in [0.5, 0.6) is 0 Å². The molecular weight excluding hydrogens is 473 g/mol. The Morgan fingerprint density at radius 1 is 1.03 bits per heavy atom. The summed E-state index contributed by atoms with van der Waals surface area (Å²) in [6.45, 7) is -0.315. The molecule has 33 heavy (non-hydrogen) atoms. The van der Waals surface area contributed by atoms with Crippen LogP contribution in [0.3, 0.4) is 0 Å². The van der Waals surface area contributed by atoms with E-state index in [4.69, 9.17) is 5.73 Å². The van der Waals surface area contributed by atoms with Crippen LogP contribution in [-0.2, 0) is 21.0 Å². The molecule has 0 aliphatic carbocycles. The second-order valence-electron chi connectivity index (χ2n) is 7.37. The molecule has 0 atom stereocenters. The van der Waals surface area contributed by atoms with E-state index in [0.29, 0.717) is 12.1 Å². The average molecular weight is 491 g/mol. The third-order valence-electron chi connectivity index (χ3n) is 5.20. The lowest BCUT2D eigenvalue weighted by Crippen LogP contribution is -2.41. The van der Waals surface area contributed by atoms with Crippen molar-refractivity contribution in [3.8, 4) is 0 Å². The average Bonchev–Trinajstić information content (AvgIpc) is 2.75. The number of primary amides is 1. The first-order valence-electron chi connectivity index (χ1n) is 9.58. The van der Waals surface area contributed by atoms with Crippen molar-refractivity contribution in [3.05, 3.63) is 59.2 Å². The maximum absolute atomic E-state index is 14.0. The van der Waals surface area contributed by atoms with Crippen LogP contribution in [0.4, 0.5) is 27.6 Å². The summed E-state index contributed by atoms with van der Waals surface area (Å²) < 4.78 is 92.7. The van der Waals surface area contributed by atoms with Crippen molar-refractivity contribution in [2.24, 2.45) is 11.7 Å². The molecule has 0 radical (unpaired) electrons. The smallest absolute Gasteiger partial charge is 0.366 e. The van der Waals surface area contributed by atoms with Crippen molar-refractivity contribution in [2.45, 2.75) is 23.9 Å². The number of nitrogens with one attached hydrogen (secondary N) is 1. The molecule has 13 heteroatoms. The Labute approximate surface area is 185 Å². The van der Waals surface area contributed by atoms with E-state index in [1.807, 2.05) is 0 Å². The second kappa shape index (κ2) is 9.06. The molecule has 2 aromatic rings. The van der Waals surface area contributed by atoms with Gasteiger partial charge in [-0.25, -0.2) is 17.2 Å². The third-order valence-corrected chi connectivity index (χ3v) is 7.10. The van der Waals surface area contributed by atoms with Gasteiger partial charge in [0.25, 0.3) is 5.91 Å². The second-order valence-corrected chi connectivity index (χ2v) is 9.31. The fourth-order valence-electron chi connectivity index (χ4n) is 3.41. The molecule has 7 nitrogen and oxygen atoms in total. The highest BCUT2D eigenvalue weighted by Gasteiger charge is 2.35. The largest absolute Gasteiger partial charge is 0.416 e. The van der Waals surface area contributed by atoms with E-state index in [0.717, 1.165) is 28.6 Å². The molecule has 178 valence electrons. The van der Waals surface area contributed by atoms with Crippen molar-refractivity contribution in [1.82, 2.24) is 4.31 Å². The standard InChI is InChI=1S/C20H18F5N3O4S/c21-15-10-16(22)17(9-14(15)18(26)29)27-19(30)11-4-6-28(7-5-11)33(31,32)13-3-1-2-12(8-13)20(23,24)25/h1-3,8-11H,4-7H2,(H2,26,29)(H,27,30). The highest BCUT2D eigenvalue weighted by Crippen LogP contribution is 2.32. The van der Waals surface area contributed by atoms with Crippen LogP contribution < -0.4 is 11.1 Å². The Bertz CT molecular complexity index is 1190. The number of sulfonamides is 1. The molecule has 3 rings (SSSR count). The Kier molecular flexibility index (Phi) is 6.75. The number of hydrogen-bond donors (Lipinski definition) is 2. The molecule has 1 heterocycles. The van der Waals surface area contributed by atoms with E-state index in [2.05, 4.69) is 5.32 Å². The van der Waals surface area contributed by atoms with E-state index in [1.54, 1.807) is 0 Å². The Morgan fingerprint density at radius 3 is 2.24 bits per heavy atom. The Morgan fingerprint density at radius 2 is 1.67 bits per heavy atom. The van der Waals surface area contributed by atoms with Gasteiger partial charge in [0.05, 0.1) is 21.7 Å².